The Bertz CT molecular complexity index is 457. The molecule has 19 heavy (non-hydrogen) atoms. The molecule has 1 aliphatic heterocycles. The fraction of sp³-hybridized carbons (Fsp3) is 0.769. The van der Waals surface area contributed by atoms with Gasteiger partial charge in [0.05, 0.1) is 11.5 Å². The quantitative estimate of drug-likeness (QED) is 0.766. The van der Waals surface area contributed by atoms with Crippen LogP contribution in [0.5, 0.6) is 0 Å². The van der Waals surface area contributed by atoms with Crippen LogP contribution in [-0.2, 0) is 9.84 Å². The third-order valence-corrected chi connectivity index (χ3v) is 5.45. The number of nitrogens with one attached hydrogen (secondary N) is 2. The van der Waals surface area contributed by atoms with Crippen LogP contribution >= 0.6 is 0 Å². The molecular formula is C13H22N2O3S. The molecule has 0 radical (unpaired) electrons. The Morgan fingerprint density at radius 2 is 2.21 bits per heavy atom. The first-order valence-corrected chi connectivity index (χ1v) is 8.80. The molecule has 0 aromatic rings. The van der Waals surface area contributed by atoms with Crippen LogP contribution < -0.4 is 10.6 Å². The molecule has 5 nitrogen and oxygen atoms in total. The molecule has 0 saturated carbocycles. The van der Waals surface area contributed by atoms with Crippen LogP contribution in [0.4, 0.5) is 4.79 Å². The molecule has 0 bridgehead atoms. The van der Waals surface area contributed by atoms with Crippen molar-refractivity contribution < 1.29 is 13.2 Å². The highest BCUT2D eigenvalue weighted by atomic mass is 32.2. The molecular weight excluding hydrogens is 264 g/mol. The van der Waals surface area contributed by atoms with E-state index in [1.54, 1.807) is 0 Å². The van der Waals surface area contributed by atoms with Gasteiger partial charge < -0.3 is 10.6 Å². The predicted molar refractivity (Wildman–Crippen MR) is 74.8 cm³/mol. The van der Waals surface area contributed by atoms with Crippen molar-refractivity contribution in [2.75, 3.05) is 18.1 Å². The Kier molecular flexibility index (Phi) is 4.85. The molecule has 2 N–H and O–H groups in total. The zero-order chi connectivity index (χ0) is 13.7. The summed E-state index contributed by atoms with van der Waals surface area (Å²) in [5.41, 5.74) is 1.43. The standard InChI is InChI=1S/C13H22N2O3S/c16-13(15-12-7-9-19(17,18)10-12)14-8-6-11-4-2-1-3-5-11/h4,12H,1-3,5-10H2,(H2,14,15,16). The van der Waals surface area contributed by atoms with Crippen LogP contribution in [0.25, 0.3) is 0 Å². The number of sulfone groups is 1. The monoisotopic (exact) mass is 286 g/mol. The minimum absolute atomic E-state index is 0.0750. The zero-order valence-electron chi connectivity index (χ0n) is 11.2. The first-order chi connectivity index (χ1) is 9.05. The molecule has 0 spiro atoms. The number of carbonyl (C=O) groups is 1. The van der Waals surface area contributed by atoms with Crippen LogP contribution in [0.15, 0.2) is 11.6 Å². The average molecular weight is 286 g/mol. The summed E-state index contributed by atoms with van der Waals surface area (Å²) in [6, 6.07) is -0.475. The molecule has 2 aliphatic rings. The fourth-order valence-corrected chi connectivity index (χ4v) is 4.29. The molecule has 2 rings (SSSR count). The topological polar surface area (TPSA) is 75.3 Å². The van der Waals surface area contributed by atoms with E-state index in [0.29, 0.717) is 13.0 Å². The van der Waals surface area contributed by atoms with E-state index in [1.807, 2.05) is 0 Å². The molecule has 0 aromatic carbocycles. The van der Waals surface area contributed by atoms with Gasteiger partial charge in [0.1, 0.15) is 0 Å². The number of urea groups is 1. The van der Waals surface area contributed by atoms with E-state index >= 15 is 0 Å². The van der Waals surface area contributed by atoms with Crippen molar-refractivity contribution in [2.45, 2.75) is 44.6 Å². The minimum Gasteiger partial charge on any atom is -0.338 e. The van der Waals surface area contributed by atoms with Crippen LogP contribution in [0.3, 0.4) is 0 Å². The summed E-state index contributed by atoms with van der Waals surface area (Å²) in [4.78, 5) is 11.6. The van der Waals surface area contributed by atoms with Crippen molar-refractivity contribution in [1.82, 2.24) is 10.6 Å². The smallest absolute Gasteiger partial charge is 0.315 e. The van der Waals surface area contributed by atoms with Crippen LogP contribution in [0.2, 0.25) is 0 Å². The number of hydrogen-bond donors (Lipinski definition) is 2. The second kappa shape index (κ2) is 6.41. The summed E-state index contributed by atoms with van der Waals surface area (Å²) in [5, 5.41) is 5.52. The minimum atomic E-state index is -2.93. The van der Waals surface area contributed by atoms with Gasteiger partial charge in [-0.25, -0.2) is 13.2 Å². The Morgan fingerprint density at radius 1 is 1.37 bits per heavy atom. The van der Waals surface area contributed by atoms with Crippen molar-refractivity contribution in [1.29, 1.82) is 0 Å². The highest BCUT2D eigenvalue weighted by molar-refractivity contribution is 7.91. The number of rotatable bonds is 4. The number of allylic oxidation sites excluding steroid dienone is 1. The lowest BCUT2D eigenvalue weighted by Crippen LogP contribution is -2.43. The van der Waals surface area contributed by atoms with Crippen molar-refractivity contribution in [2.24, 2.45) is 0 Å². The molecule has 1 heterocycles. The molecule has 1 unspecified atom stereocenters. The highest BCUT2D eigenvalue weighted by Gasteiger charge is 2.28. The lowest BCUT2D eigenvalue weighted by molar-refractivity contribution is 0.238. The molecule has 1 aliphatic carbocycles. The summed E-state index contributed by atoms with van der Waals surface area (Å²) in [6.07, 6.45) is 8.51. The van der Waals surface area contributed by atoms with Gasteiger partial charge in [-0.15, -0.1) is 0 Å². The molecule has 6 heteroatoms. The number of carbonyl (C=O) groups excluding carboxylic acids is 1. The zero-order valence-corrected chi connectivity index (χ0v) is 12.0. The lowest BCUT2D eigenvalue weighted by Gasteiger charge is -2.14. The maximum Gasteiger partial charge on any atom is 0.315 e. The van der Waals surface area contributed by atoms with Crippen LogP contribution in [0.1, 0.15) is 38.5 Å². The first kappa shape index (κ1) is 14.4. The summed E-state index contributed by atoms with van der Waals surface area (Å²) < 4.78 is 22.5. The maximum atomic E-state index is 11.6. The van der Waals surface area contributed by atoms with E-state index in [2.05, 4.69) is 16.7 Å². The Balaban J connectivity index is 1.63. The highest BCUT2D eigenvalue weighted by Crippen LogP contribution is 2.19. The van der Waals surface area contributed by atoms with Gasteiger partial charge in [0.25, 0.3) is 0 Å². The van der Waals surface area contributed by atoms with E-state index in [4.69, 9.17) is 0 Å². The lowest BCUT2D eigenvalue weighted by atomic mass is 9.97. The molecule has 1 fully saturated rings. The Hall–Kier alpha value is -1.04. The molecule has 1 saturated heterocycles. The normalized spacial score (nSPS) is 25.7. The van der Waals surface area contributed by atoms with Gasteiger partial charge in [0.15, 0.2) is 9.84 Å². The van der Waals surface area contributed by atoms with Crippen LogP contribution in [0, 0.1) is 0 Å². The van der Waals surface area contributed by atoms with Crippen molar-refractivity contribution in [3.63, 3.8) is 0 Å². The summed E-state index contributed by atoms with van der Waals surface area (Å²) in [6.45, 7) is 0.622. The van der Waals surface area contributed by atoms with E-state index in [9.17, 15) is 13.2 Å². The van der Waals surface area contributed by atoms with Gasteiger partial charge in [-0.1, -0.05) is 11.6 Å². The Morgan fingerprint density at radius 3 is 2.84 bits per heavy atom. The van der Waals surface area contributed by atoms with Gasteiger partial charge in [-0.2, -0.15) is 0 Å². The van der Waals surface area contributed by atoms with Crippen molar-refractivity contribution in [3.8, 4) is 0 Å². The third kappa shape index (κ3) is 4.86. The average Bonchev–Trinajstić information content (AvgIpc) is 2.70. The largest absolute Gasteiger partial charge is 0.338 e. The summed E-state index contributed by atoms with van der Waals surface area (Å²) in [7, 11) is -2.93. The van der Waals surface area contributed by atoms with Crippen molar-refractivity contribution >= 4 is 15.9 Å². The maximum absolute atomic E-state index is 11.6. The second-order valence-corrected chi connectivity index (χ2v) is 7.59. The van der Waals surface area contributed by atoms with Gasteiger partial charge in [0.2, 0.25) is 0 Å². The second-order valence-electron chi connectivity index (χ2n) is 5.36. The van der Waals surface area contributed by atoms with E-state index in [-0.39, 0.29) is 23.6 Å². The summed E-state index contributed by atoms with van der Waals surface area (Å²) in [5.74, 6) is 0.260. The molecule has 108 valence electrons. The van der Waals surface area contributed by atoms with Crippen molar-refractivity contribution in [3.05, 3.63) is 11.6 Å². The van der Waals surface area contributed by atoms with Gasteiger partial charge >= 0.3 is 6.03 Å². The van der Waals surface area contributed by atoms with E-state index < -0.39 is 9.84 Å². The third-order valence-electron chi connectivity index (χ3n) is 3.68. The molecule has 1 atom stereocenters. The van der Waals surface area contributed by atoms with E-state index in [0.717, 1.165) is 19.3 Å². The van der Waals surface area contributed by atoms with Gasteiger partial charge in [-0.05, 0) is 38.5 Å². The molecule has 2 amide bonds. The van der Waals surface area contributed by atoms with Gasteiger partial charge in [-0.3, -0.25) is 0 Å². The number of amides is 2. The van der Waals surface area contributed by atoms with Gasteiger partial charge in [0, 0.05) is 12.6 Å². The fourth-order valence-electron chi connectivity index (χ4n) is 2.61. The van der Waals surface area contributed by atoms with E-state index in [1.165, 1.54) is 18.4 Å². The predicted octanol–water partition coefficient (Wildman–Crippen LogP) is 1.36. The molecule has 0 aromatic heterocycles. The first-order valence-electron chi connectivity index (χ1n) is 6.98. The summed E-state index contributed by atoms with van der Waals surface area (Å²) >= 11 is 0. The Labute approximate surface area is 114 Å². The van der Waals surface area contributed by atoms with Crippen LogP contribution in [-0.4, -0.2) is 38.5 Å². The number of hydrogen-bond acceptors (Lipinski definition) is 3. The SMILES string of the molecule is O=C(NCCC1=CCCCC1)NC1CCS(=O)(=O)C1.